The molecule has 0 spiro atoms. The van der Waals surface area contributed by atoms with Gasteiger partial charge in [-0.25, -0.2) is 0 Å². The van der Waals surface area contributed by atoms with Crippen LogP contribution in [0.5, 0.6) is 11.5 Å². The minimum atomic E-state index is -0.535. The number of ether oxygens (including phenoxy) is 2. The van der Waals surface area contributed by atoms with Crippen LogP contribution in [0.2, 0.25) is 0 Å². The van der Waals surface area contributed by atoms with Crippen LogP contribution in [0.3, 0.4) is 0 Å². The van der Waals surface area contributed by atoms with Crippen molar-refractivity contribution in [2.45, 2.75) is 0 Å². The van der Waals surface area contributed by atoms with Crippen LogP contribution in [0.15, 0.2) is 54.1 Å². The third kappa shape index (κ3) is 3.43. The first kappa shape index (κ1) is 17.6. The van der Waals surface area contributed by atoms with E-state index in [-0.39, 0.29) is 10.7 Å². The molecule has 2 aromatic rings. The molecule has 1 heterocycles. The second-order valence-corrected chi connectivity index (χ2v) is 5.82. The minimum Gasteiger partial charge on any atom is -0.497 e. The SMILES string of the molecule is COc1ccc(N2C(=O)/C(=C\c3cccc(OC)c3)C(=O)NC2=S)cc1. The van der Waals surface area contributed by atoms with Gasteiger partial charge in [0, 0.05) is 0 Å². The molecule has 2 aromatic carbocycles. The van der Waals surface area contributed by atoms with Crippen LogP contribution in [0.1, 0.15) is 5.56 Å². The van der Waals surface area contributed by atoms with Gasteiger partial charge in [0.1, 0.15) is 17.1 Å². The third-order valence-corrected chi connectivity index (χ3v) is 4.12. The van der Waals surface area contributed by atoms with Crippen LogP contribution < -0.4 is 19.7 Å². The van der Waals surface area contributed by atoms with Crippen molar-refractivity contribution in [1.82, 2.24) is 5.32 Å². The van der Waals surface area contributed by atoms with Crippen LogP contribution >= 0.6 is 12.2 Å². The molecule has 26 heavy (non-hydrogen) atoms. The topological polar surface area (TPSA) is 67.9 Å². The Morgan fingerprint density at radius 3 is 2.35 bits per heavy atom. The molecule has 0 atom stereocenters. The molecule has 6 nitrogen and oxygen atoms in total. The van der Waals surface area contributed by atoms with Crippen molar-refractivity contribution in [2.75, 3.05) is 19.1 Å². The van der Waals surface area contributed by atoms with Crippen LogP contribution in [-0.2, 0) is 9.59 Å². The maximum absolute atomic E-state index is 12.9. The van der Waals surface area contributed by atoms with Gasteiger partial charge in [0.2, 0.25) is 0 Å². The summed E-state index contributed by atoms with van der Waals surface area (Å²) in [4.78, 5) is 26.5. The van der Waals surface area contributed by atoms with Gasteiger partial charge in [-0.15, -0.1) is 0 Å². The summed E-state index contributed by atoms with van der Waals surface area (Å²) in [6, 6.07) is 13.9. The number of anilines is 1. The van der Waals surface area contributed by atoms with Crippen molar-refractivity contribution in [3.05, 3.63) is 59.7 Å². The number of amides is 2. The molecule has 1 aliphatic rings. The van der Waals surface area contributed by atoms with E-state index in [9.17, 15) is 9.59 Å². The maximum atomic E-state index is 12.9. The molecule has 3 rings (SSSR count). The molecule has 0 aliphatic carbocycles. The second-order valence-electron chi connectivity index (χ2n) is 5.43. The highest BCUT2D eigenvalue weighted by molar-refractivity contribution is 7.80. The van der Waals surface area contributed by atoms with E-state index < -0.39 is 11.8 Å². The molecule has 7 heteroatoms. The van der Waals surface area contributed by atoms with Gasteiger partial charge in [-0.05, 0) is 60.3 Å². The molecule has 1 fully saturated rings. The third-order valence-electron chi connectivity index (χ3n) is 3.84. The molecule has 0 unspecified atom stereocenters. The molecular formula is C19H16N2O4S. The molecule has 1 N–H and O–H groups in total. The molecule has 0 bridgehead atoms. The number of nitrogens with one attached hydrogen (secondary N) is 1. The first-order valence-electron chi connectivity index (χ1n) is 7.73. The van der Waals surface area contributed by atoms with Gasteiger partial charge >= 0.3 is 0 Å². The van der Waals surface area contributed by atoms with E-state index in [1.807, 2.05) is 0 Å². The number of nitrogens with zero attached hydrogens (tertiary/aromatic N) is 1. The number of rotatable bonds is 4. The molecule has 0 saturated carbocycles. The number of methoxy groups -OCH3 is 2. The Morgan fingerprint density at radius 2 is 1.69 bits per heavy atom. The Morgan fingerprint density at radius 1 is 1.00 bits per heavy atom. The average molecular weight is 368 g/mol. The van der Waals surface area contributed by atoms with Crippen molar-refractivity contribution in [3.63, 3.8) is 0 Å². The molecular weight excluding hydrogens is 352 g/mol. The number of hydrogen-bond donors (Lipinski definition) is 1. The first-order valence-corrected chi connectivity index (χ1v) is 8.14. The van der Waals surface area contributed by atoms with E-state index in [1.165, 1.54) is 11.0 Å². The van der Waals surface area contributed by atoms with Crippen molar-refractivity contribution in [2.24, 2.45) is 0 Å². The van der Waals surface area contributed by atoms with Gasteiger partial charge in [-0.2, -0.15) is 0 Å². The van der Waals surface area contributed by atoms with Gasteiger partial charge in [-0.1, -0.05) is 12.1 Å². The Kier molecular flexibility index (Phi) is 4.99. The highest BCUT2D eigenvalue weighted by Gasteiger charge is 2.34. The fourth-order valence-corrected chi connectivity index (χ4v) is 2.80. The maximum Gasteiger partial charge on any atom is 0.270 e. The lowest BCUT2D eigenvalue weighted by Crippen LogP contribution is -2.54. The Labute approximate surface area is 156 Å². The zero-order valence-corrected chi connectivity index (χ0v) is 15.0. The molecule has 0 aromatic heterocycles. The summed E-state index contributed by atoms with van der Waals surface area (Å²) < 4.78 is 10.3. The Balaban J connectivity index is 1.98. The smallest absolute Gasteiger partial charge is 0.270 e. The zero-order valence-electron chi connectivity index (χ0n) is 14.2. The van der Waals surface area contributed by atoms with E-state index in [0.29, 0.717) is 22.7 Å². The van der Waals surface area contributed by atoms with E-state index >= 15 is 0 Å². The quantitative estimate of drug-likeness (QED) is 0.510. The largest absolute Gasteiger partial charge is 0.497 e. The number of thiocarbonyl (C=S) groups is 1. The Bertz CT molecular complexity index is 906. The number of carbonyl (C=O) groups excluding carboxylic acids is 2. The molecule has 132 valence electrons. The van der Waals surface area contributed by atoms with Gasteiger partial charge in [-0.3, -0.25) is 19.8 Å². The van der Waals surface area contributed by atoms with Gasteiger partial charge in [0.25, 0.3) is 11.8 Å². The van der Waals surface area contributed by atoms with Crippen LogP contribution in [0.25, 0.3) is 6.08 Å². The number of benzene rings is 2. The van der Waals surface area contributed by atoms with Gasteiger partial charge in [0.15, 0.2) is 5.11 Å². The van der Waals surface area contributed by atoms with Crippen molar-refractivity contribution in [1.29, 1.82) is 0 Å². The highest BCUT2D eigenvalue weighted by Crippen LogP contribution is 2.25. The molecule has 1 aliphatic heterocycles. The van der Waals surface area contributed by atoms with Crippen molar-refractivity contribution < 1.29 is 19.1 Å². The lowest BCUT2D eigenvalue weighted by molar-refractivity contribution is -0.122. The lowest BCUT2D eigenvalue weighted by atomic mass is 10.1. The summed E-state index contributed by atoms with van der Waals surface area (Å²) in [6.07, 6.45) is 1.51. The van der Waals surface area contributed by atoms with E-state index in [1.54, 1.807) is 62.8 Å². The van der Waals surface area contributed by atoms with E-state index in [4.69, 9.17) is 21.7 Å². The monoisotopic (exact) mass is 368 g/mol. The summed E-state index contributed by atoms with van der Waals surface area (Å²) in [7, 11) is 3.11. The first-order chi connectivity index (χ1) is 12.5. The summed E-state index contributed by atoms with van der Waals surface area (Å²) >= 11 is 5.18. The second kappa shape index (κ2) is 7.37. The van der Waals surface area contributed by atoms with Gasteiger partial charge < -0.3 is 9.47 Å². The van der Waals surface area contributed by atoms with Crippen molar-refractivity contribution >= 4 is 40.9 Å². The minimum absolute atomic E-state index is 0.0114. The number of carbonyl (C=O) groups is 2. The Hall–Kier alpha value is -3.19. The normalized spacial score (nSPS) is 15.8. The highest BCUT2D eigenvalue weighted by atomic mass is 32.1. The summed E-state index contributed by atoms with van der Waals surface area (Å²) in [5.41, 5.74) is 1.20. The molecule has 1 saturated heterocycles. The van der Waals surface area contributed by atoms with Crippen molar-refractivity contribution in [3.8, 4) is 11.5 Å². The van der Waals surface area contributed by atoms with Crippen LogP contribution in [-0.4, -0.2) is 31.1 Å². The molecule has 0 radical (unpaired) electrons. The average Bonchev–Trinajstić information content (AvgIpc) is 2.65. The van der Waals surface area contributed by atoms with Crippen LogP contribution in [0.4, 0.5) is 5.69 Å². The summed E-state index contributed by atoms with van der Waals surface area (Å²) in [6.45, 7) is 0. The summed E-state index contributed by atoms with van der Waals surface area (Å²) in [5.74, 6) is 0.255. The number of hydrogen-bond acceptors (Lipinski definition) is 5. The predicted octanol–water partition coefficient (Wildman–Crippen LogP) is 2.54. The fourth-order valence-electron chi connectivity index (χ4n) is 2.52. The van der Waals surface area contributed by atoms with Gasteiger partial charge in [0.05, 0.1) is 19.9 Å². The molecule has 2 amide bonds. The van der Waals surface area contributed by atoms with E-state index in [2.05, 4.69) is 5.32 Å². The predicted molar refractivity (Wildman–Crippen MR) is 102 cm³/mol. The summed E-state index contributed by atoms with van der Waals surface area (Å²) in [5, 5.41) is 2.59. The standard InChI is InChI=1S/C19H16N2O4S/c1-24-14-8-6-13(7-9-14)21-18(23)16(17(22)20-19(21)26)11-12-4-3-5-15(10-12)25-2/h3-11H,1-2H3,(H,20,22,26)/b16-11-. The van der Waals surface area contributed by atoms with Crippen LogP contribution in [0, 0.1) is 0 Å². The van der Waals surface area contributed by atoms with E-state index in [0.717, 1.165) is 0 Å². The lowest BCUT2D eigenvalue weighted by Gasteiger charge is -2.29. The fraction of sp³-hybridized carbons (Fsp3) is 0.105. The zero-order chi connectivity index (χ0) is 18.7.